The van der Waals surface area contributed by atoms with Gasteiger partial charge < -0.3 is 10.1 Å². The third kappa shape index (κ3) is 4.60. The van der Waals surface area contributed by atoms with E-state index in [1.807, 2.05) is 18.4 Å². The SMILES string of the molecule is CSc1nc(NCC2CCCO2)c(C#N)c(-c2ccc(C(C)(C)C)cc2)n1. The third-order valence-corrected chi connectivity index (χ3v) is 5.28. The molecule has 27 heavy (non-hydrogen) atoms. The summed E-state index contributed by atoms with van der Waals surface area (Å²) in [6.45, 7) is 8.02. The second kappa shape index (κ2) is 8.28. The molecule has 1 aromatic heterocycles. The number of ether oxygens (including phenoxy) is 1. The van der Waals surface area contributed by atoms with Gasteiger partial charge >= 0.3 is 0 Å². The highest BCUT2D eigenvalue weighted by Gasteiger charge is 2.20. The highest BCUT2D eigenvalue weighted by molar-refractivity contribution is 7.98. The van der Waals surface area contributed by atoms with E-state index in [-0.39, 0.29) is 11.5 Å². The van der Waals surface area contributed by atoms with Gasteiger partial charge in [-0.15, -0.1) is 0 Å². The lowest BCUT2D eigenvalue weighted by Crippen LogP contribution is -2.20. The van der Waals surface area contributed by atoms with Gasteiger partial charge in [0.2, 0.25) is 0 Å². The minimum absolute atomic E-state index is 0.0840. The fourth-order valence-corrected chi connectivity index (χ4v) is 3.48. The van der Waals surface area contributed by atoms with Crippen molar-refractivity contribution in [3.05, 3.63) is 35.4 Å². The normalized spacial score (nSPS) is 16.9. The van der Waals surface area contributed by atoms with Crippen molar-refractivity contribution >= 4 is 17.6 Å². The lowest BCUT2D eigenvalue weighted by atomic mass is 9.86. The third-order valence-electron chi connectivity index (χ3n) is 4.73. The molecule has 142 valence electrons. The van der Waals surface area contributed by atoms with E-state index in [9.17, 15) is 5.26 Å². The van der Waals surface area contributed by atoms with Crippen LogP contribution in [0.5, 0.6) is 0 Å². The Morgan fingerprint density at radius 2 is 2.00 bits per heavy atom. The molecule has 1 saturated heterocycles. The van der Waals surface area contributed by atoms with Crippen LogP contribution < -0.4 is 5.32 Å². The maximum Gasteiger partial charge on any atom is 0.189 e. The number of benzene rings is 1. The second-order valence-corrected chi connectivity index (χ2v) is 8.51. The van der Waals surface area contributed by atoms with Crippen LogP contribution in [0.2, 0.25) is 0 Å². The number of nitriles is 1. The summed E-state index contributed by atoms with van der Waals surface area (Å²) in [5.74, 6) is 0.585. The maximum absolute atomic E-state index is 9.79. The molecule has 1 atom stereocenters. The minimum atomic E-state index is 0.0840. The first-order valence-corrected chi connectivity index (χ1v) is 10.5. The number of aromatic nitrogens is 2. The van der Waals surface area contributed by atoms with E-state index < -0.39 is 0 Å². The summed E-state index contributed by atoms with van der Waals surface area (Å²) in [6, 6.07) is 10.6. The van der Waals surface area contributed by atoms with E-state index >= 15 is 0 Å². The molecule has 0 radical (unpaired) electrons. The zero-order chi connectivity index (χ0) is 19.4. The van der Waals surface area contributed by atoms with Crippen LogP contribution in [0.4, 0.5) is 5.82 Å². The first kappa shape index (κ1) is 19.7. The van der Waals surface area contributed by atoms with Crippen LogP contribution in [0.25, 0.3) is 11.3 Å². The van der Waals surface area contributed by atoms with Crippen LogP contribution in [0.3, 0.4) is 0 Å². The number of hydrogen-bond acceptors (Lipinski definition) is 6. The number of hydrogen-bond donors (Lipinski definition) is 1. The molecule has 6 heteroatoms. The highest BCUT2D eigenvalue weighted by atomic mass is 32.2. The van der Waals surface area contributed by atoms with Crippen molar-refractivity contribution in [3.8, 4) is 17.3 Å². The summed E-state index contributed by atoms with van der Waals surface area (Å²) >= 11 is 1.47. The molecule has 1 unspecified atom stereocenters. The van der Waals surface area contributed by atoms with E-state index in [2.05, 4.69) is 54.3 Å². The summed E-state index contributed by atoms with van der Waals surface area (Å²) in [4.78, 5) is 9.15. The minimum Gasteiger partial charge on any atom is -0.376 e. The predicted molar refractivity (Wildman–Crippen MR) is 110 cm³/mol. The number of anilines is 1. The molecule has 0 bridgehead atoms. The van der Waals surface area contributed by atoms with Crippen molar-refractivity contribution in [1.29, 1.82) is 5.26 Å². The summed E-state index contributed by atoms with van der Waals surface area (Å²) in [5, 5.41) is 13.8. The van der Waals surface area contributed by atoms with Crippen molar-refractivity contribution in [2.24, 2.45) is 0 Å². The molecule has 0 amide bonds. The first-order chi connectivity index (χ1) is 12.9. The van der Waals surface area contributed by atoms with Crippen molar-refractivity contribution in [2.75, 3.05) is 24.7 Å². The number of nitrogens with zero attached hydrogens (tertiary/aromatic N) is 3. The number of nitrogens with one attached hydrogen (secondary N) is 1. The molecular weight excluding hydrogens is 356 g/mol. The molecule has 1 aromatic carbocycles. The molecule has 1 aliphatic heterocycles. The Morgan fingerprint density at radius 1 is 1.26 bits per heavy atom. The molecule has 1 fully saturated rings. The van der Waals surface area contributed by atoms with Crippen LogP contribution >= 0.6 is 11.8 Å². The topological polar surface area (TPSA) is 70.8 Å². The fourth-order valence-electron chi connectivity index (χ4n) is 3.12. The largest absolute Gasteiger partial charge is 0.376 e. The van der Waals surface area contributed by atoms with Gasteiger partial charge in [-0.2, -0.15) is 5.26 Å². The van der Waals surface area contributed by atoms with Gasteiger partial charge in [-0.3, -0.25) is 0 Å². The lowest BCUT2D eigenvalue weighted by molar-refractivity contribution is 0.120. The molecule has 3 rings (SSSR count). The van der Waals surface area contributed by atoms with Crippen LogP contribution in [0.15, 0.2) is 29.4 Å². The summed E-state index contributed by atoms with van der Waals surface area (Å²) in [7, 11) is 0. The Bertz CT molecular complexity index is 831. The Balaban J connectivity index is 1.96. The summed E-state index contributed by atoms with van der Waals surface area (Å²) < 4.78 is 5.67. The van der Waals surface area contributed by atoms with Crippen LogP contribution in [-0.2, 0) is 10.2 Å². The monoisotopic (exact) mass is 382 g/mol. The van der Waals surface area contributed by atoms with E-state index in [0.717, 1.165) is 25.0 Å². The van der Waals surface area contributed by atoms with Crippen molar-refractivity contribution in [2.45, 2.75) is 50.3 Å². The standard InChI is InChI=1S/C21H26N4OS/c1-21(2,3)15-9-7-14(8-10-15)18-17(12-22)19(25-20(24-18)27-4)23-13-16-6-5-11-26-16/h7-10,16H,5-6,11,13H2,1-4H3,(H,23,24,25). The maximum atomic E-state index is 9.79. The second-order valence-electron chi connectivity index (χ2n) is 7.74. The zero-order valence-electron chi connectivity index (χ0n) is 16.4. The van der Waals surface area contributed by atoms with Gasteiger partial charge in [0.15, 0.2) is 5.16 Å². The van der Waals surface area contributed by atoms with Gasteiger partial charge in [-0.1, -0.05) is 56.8 Å². The molecule has 2 aromatic rings. The van der Waals surface area contributed by atoms with Crippen molar-refractivity contribution in [1.82, 2.24) is 9.97 Å². The Kier molecular flexibility index (Phi) is 6.03. The van der Waals surface area contributed by atoms with Gasteiger partial charge in [0.05, 0.1) is 11.8 Å². The molecule has 5 nitrogen and oxygen atoms in total. The first-order valence-electron chi connectivity index (χ1n) is 9.25. The van der Waals surface area contributed by atoms with Gasteiger partial charge in [0.25, 0.3) is 0 Å². The van der Waals surface area contributed by atoms with Crippen molar-refractivity contribution < 1.29 is 4.74 Å². The quantitative estimate of drug-likeness (QED) is 0.601. The van der Waals surface area contributed by atoms with Gasteiger partial charge in [-0.25, -0.2) is 9.97 Å². The van der Waals surface area contributed by atoms with E-state index in [0.29, 0.717) is 28.8 Å². The summed E-state index contributed by atoms with van der Waals surface area (Å²) in [5.41, 5.74) is 3.42. The zero-order valence-corrected chi connectivity index (χ0v) is 17.2. The molecule has 0 spiro atoms. The van der Waals surface area contributed by atoms with Crippen LogP contribution in [0, 0.1) is 11.3 Å². The molecule has 0 aliphatic carbocycles. The molecule has 0 saturated carbocycles. The highest BCUT2D eigenvalue weighted by Crippen LogP contribution is 2.30. The van der Waals surface area contributed by atoms with Crippen LogP contribution in [0.1, 0.15) is 44.7 Å². The Labute approximate surface area is 165 Å². The van der Waals surface area contributed by atoms with E-state index in [1.165, 1.54) is 17.3 Å². The smallest absolute Gasteiger partial charge is 0.189 e. The van der Waals surface area contributed by atoms with E-state index in [1.54, 1.807) is 0 Å². The van der Waals surface area contributed by atoms with Gasteiger partial charge in [0, 0.05) is 18.7 Å². The van der Waals surface area contributed by atoms with Crippen LogP contribution in [-0.4, -0.2) is 35.5 Å². The van der Waals surface area contributed by atoms with E-state index in [4.69, 9.17) is 4.74 Å². The Hall–Kier alpha value is -2.10. The molecule has 2 heterocycles. The summed E-state index contributed by atoms with van der Waals surface area (Å²) in [6.07, 6.45) is 4.25. The Morgan fingerprint density at radius 3 is 2.56 bits per heavy atom. The number of rotatable bonds is 5. The molecule has 1 N–H and O–H groups in total. The molecular formula is C21H26N4OS. The average molecular weight is 383 g/mol. The lowest BCUT2D eigenvalue weighted by Gasteiger charge is -2.19. The predicted octanol–water partition coefficient (Wildman–Crippen LogP) is 4.63. The molecule has 1 aliphatic rings. The van der Waals surface area contributed by atoms with Gasteiger partial charge in [0.1, 0.15) is 17.5 Å². The fraction of sp³-hybridized carbons (Fsp3) is 0.476. The van der Waals surface area contributed by atoms with Gasteiger partial charge in [-0.05, 0) is 30.1 Å². The average Bonchev–Trinajstić information content (AvgIpc) is 3.18. The number of thioether (sulfide) groups is 1. The van der Waals surface area contributed by atoms with Crippen molar-refractivity contribution in [3.63, 3.8) is 0 Å².